The van der Waals surface area contributed by atoms with Crippen LogP contribution in [0.15, 0.2) is 46.4 Å². The summed E-state index contributed by atoms with van der Waals surface area (Å²) in [6, 6.07) is 11.0. The first-order valence-corrected chi connectivity index (χ1v) is 7.79. The summed E-state index contributed by atoms with van der Waals surface area (Å²) < 4.78 is 5.85. The van der Waals surface area contributed by atoms with Crippen LogP contribution in [-0.2, 0) is 6.42 Å². The molecule has 112 valence electrons. The molecule has 22 heavy (non-hydrogen) atoms. The Morgan fingerprint density at radius 1 is 1.23 bits per heavy atom. The van der Waals surface area contributed by atoms with Crippen molar-refractivity contribution in [3.8, 4) is 11.5 Å². The summed E-state index contributed by atoms with van der Waals surface area (Å²) in [5.41, 5.74) is 3.47. The number of aromatic hydroxyl groups is 1. The normalized spacial score (nSPS) is 15.7. The largest absolute Gasteiger partial charge is 0.504 e. The Hall–Kier alpha value is -2.07. The molecule has 0 unspecified atom stereocenters. The number of fused-ring (bicyclic) bond motifs is 1. The SMILES string of the molecule is COc1cc(/C=C2\CCc3ccccc3C2=O)c(Br)cc1O. The van der Waals surface area contributed by atoms with Crippen molar-refractivity contribution in [3.05, 3.63) is 63.1 Å². The van der Waals surface area contributed by atoms with Crippen molar-refractivity contribution in [1.29, 1.82) is 0 Å². The van der Waals surface area contributed by atoms with Crippen LogP contribution < -0.4 is 4.74 Å². The van der Waals surface area contributed by atoms with Gasteiger partial charge >= 0.3 is 0 Å². The van der Waals surface area contributed by atoms with Crippen LogP contribution in [-0.4, -0.2) is 18.0 Å². The molecule has 3 nitrogen and oxygen atoms in total. The average Bonchev–Trinajstić information content (AvgIpc) is 2.52. The molecule has 1 aliphatic rings. The van der Waals surface area contributed by atoms with Gasteiger partial charge in [0.05, 0.1) is 7.11 Å². The van der Waals surface area contributed by atoms with E-state index in [4.69, 9.17) is 4.74 Å². The number of Topliss-reactive ketones (excluding diaryl/α,β-unsaturated/α-hetero) is 1. The second-order valence-corrected chi connectivity index (χ2v) is 6.06. The van der Waals surface area contributed by atoms with Crippen LogP contribution in [0, 0.1) is 0 Å². The van der Waals surface area contributed by atoms with Gasteiger partial charge in [-0.05, 0) is 42.2 Å². The summed E-state index contributed by atoms with van der Waals surface area (Å²) in [6.07, 6.45) is 3.44. The van der Waals surface area contributed by atoms with Gasteiger partial charge in [0, 0.05) is 15.6 Å². The monoisotopic (exact) mass is 358 g/mol. The topological polar surface area (TPSA) is 46.5 Å². The third-order valence-electron chi connectivity index (χ3n) is 3.85. The van der Waals surface area contributed by atoms with E-state index in [0.29, 0.717) is 12.2 Å². The van der Waals surface area contributed by atoms with E-state index in [9.17, 15) is 9.90 Å². The second kappa shape index (κ2) is 5.97. The van der Waals surface area contributed by atoms with Gasteiger partial charge in [0.2, 0.25) is 0 Å². The van der Waals surface area contributed by atoms with Gasteiger partial charge in [-0.25, -0.2) is 0 Å². The fraction of sp³-hybridized carbons (Fsp3) is 0.167. The summed E-state index contributed by atoms with van der Waals surface area (Å²) in [5, 5.41) is 9.76. The summed E-state index contributed by atoms with van der Waals surface area (Å²) in [5.74, 6) is 0.524. The molecule has 0 fully saturated rings. The van der Waals surface area contributed by atoms with Gasteiger partial charge < -0.3 is 9.84 Å². The number of methoxy groups -OCH3 is 1. The molecular formula is C18H15BrO3. The third kappa shape index (κ3) is 2.66. The number of ether oxygens (including phenoxy) is 1. The number of phenolic OH excluding ortho intramolecular Hbond substituents is 1. The van der Waals surface area contributed by atoms with Crippen LogP contribution >= 0.6 is 15.9 Å². The highest BCUT2D eigenvalue weighted by molar-refractivity contribution is 9.10. The average molecular weight is 359 g/mol. The minimum Gasteiger partial charge on any atom is -0.504 e. The highest BCUT2D eigenvalue weighted by atomic mass is 79.9. The van der Waals surface area contributed by atoms with Crippen molar-refractivity contribution in [2.45, 2.75) is 12.8 Å². The lowest BCUT2D eigenvalue weighted by atomic mass is 9.86. The molecule has 0 saturated carbocycles. The predicted molar refractivity (Wildman–Crippen MR) is 89.4 cm³/mol. The van der Waals surface area contributed by atoms with Crippen LogP contribution in [0.3, 0.4) is 0 Å². The van der Waals surface area contributed by atoms with Gasteiger partial charge in [-0.3, -0.25) is 4.79 Å². The molecule has 0 atom stereocenters. The minimum absolute atomic E-state index is 0.0665. The fourth-order valence-electron chi connectivity index (χ4n) is 2.67. The molecule has 3 rings (SSSR count). The van der Waals surface area contributed by atoms with Gasteiger partial charge in [-0.15, -0.1) is 0 Å². The number of carbonyl (C=O) groups excluding carboxylic acids is 1. The van der Waals surface area contributed by atoms with Crippen LogP contribution in [0.1, 0.15) is 27.9 Å². The zero-order chi connectivity index (χ0) is 15.7. The molecular weight excluding hydrogens is 344 g/mol. The standard InChI is InChI=1S/C18H15BrO3/c1-22-17-9-13(15(19)10-16(17)20)8-12-7-6-11-4-2-3-5-14(11)18(12)21/h2-5,8-10,20H,6-7H2,1H3/b12-8+. The molecule has 2 aromatic rings. The van der Waals surface area contributed by atoms with E-state index in [2.05, 4.69) is 15.9 Å². The Morgan fingerprint density at radius 3 is 2.77 bits per heavy atom. The summed E-state index contributed by atoms with van der Waals surface area (Å²) >= 11 is 3.42. The van der Waals surface area contributed by atoms with Crippen molar-refractivity contribution < 1.29 is 14.6 Å². The molecule has 4 heteroatoms. The van der Waals surface area contributed by atoms with Crippen molar-refractivity contribution in [1.82, 2.24) is 0 Å². The maximum Gasteiger partial charge on any atom is 0.189 e. The van der Waals surface area contributed by atoms with Crippen LogP contribution in [0.5, 0.6) is 11.5 Å². The molecule has 1 N–H and O–H groups in total. The van der Waals surface area contributed by atoms with E-state index in [0.717, 1.165) is 33.2 Å². The highest BCUT2D eigenvalue weighted by Crippen LogP contribution is 2.35. The van der Waals surface area contributed by atoms with E-state index >= 15 is 0 Å². The number of allylic oxidation sites excluding steroid dienone is 1. The summed E-state index contributed by atoms with van der Waals surface area (Å²) in [7, 11) is 1.50. The smallest absolute Gasteiger partial charge is 0.189 e. The van der Waals surface area contributed by atoms with Crippen LogP contribution in [0.2, 0.25) is 0 Å². The van der Waals surface area contributed by atoms with Crippen molar-refractivity contribution in [2.24, 2.45) is 0 Å². The molecule has 2 aromatic carbocycles. The number of carbonyl (C=O) groups is 1. The second-order valence-electron chi connectivity index (χ2n) is 5.20. The first-order chi connectivity index (χ1) is 10.6. The Kier molecular flexibility index (Phi) is 4.03. The maximum atomic E-state index is 12.6. The number of hydrogen-bond donors (Lipinski definition) is 1. The number of ketones is 1. The van der Waals surface area contributed by atoms with Gasteiger partial charge in [0.1, 0.15) is 0 Å². The van der Waals surface area contributed by atoms with E-state index in [1.807, 2.05) is 30.3 Å². The predicted octanol–water partition coefficient (Wildman–Crippen LogP) is 4.38. The van der Waals surface area contributed by atoms with Gasteiger partial charge in [0.25, 0.3) is 0 Å². The first-order valence-electron chi connectivity index (χ1n) is 7.00. The number of rotatable bonds is 2. The fourth-order valence-corrected chi connectivity index (χ4v) is 3.12. The van der Waals surface area contributed by atoms with E-state index in [1.165, 1.54) is 7.11 Å². The molecule has 0 heterocycles. The van der Waals surface area contributed by atoms with Crippen molar-refractivity contribution in [3.63, 3.8) is 0 Å². The quantitative estimate of drug-likeness (QED) is 0.810. The molecule has 0 bridgehead atoms. The van der Waals surface area contributed by atoms with Crippen LogP contribution in [0.25, 0.3) is 6.08 Å². The molecule has 0 spiro atoms. The zero-order valence-electron chi connectivity index (χ0n) is 12.1. The molecule has 0 saturated heterocycles. The highest BCUT2D eigenvalue weighted by Gasteiger charge is 2.21. The van der Waals surface area contributed by atoms with E-state index < -0.39 is 0 Å². The minimum atomic E-state index is 0.0665. The number of aryl methyl sites for hydroxylation is 1. The summed E-state index contributed by atoms with van der Waals surface area (Å²) in [6.45, 7) is 0. The Balaban J connectivity index is 2.02. The van der Waals surface area contributed by atoms with E-state index in [1.54, 1.807) is 12.1 Å². The Labute approximate surface area is 137 Å². The molecule has 0 amide bonds. The lowest BCUT2D eigenvalue weighted by molar-refractivity contribution is 0.102. The van der Waals surface area contributed by atoms with Crippen molar-refractivity contribution >= 4 is 27.8 Å². The Bertz CT molecular complexity index is 778. The molecule has 0 radical (unpaired) electrons. The number of benzene rings is 2. The van der Waals surface area contributed by atoms with Crippen molar-refractivity contribution in [2.75, 3.05) is 7.11 Å². The number of hydrogen-bond acceptors (Lipinski definition) is 3. The molecule has 1 aliphatic carbocycles. The number of halogens is 1. The Morgan fingerprint density at radius 2 is 2.00 bits per heavy atom. The van der Waals surface area contributed by atoms with Gasteiger partial charge in [-0.1, -0.05) is 40.2 Å². The molecule has 0 aliphatic heterocycles. The first kappa shape index (κ1) is 14.9. The van der Waals surface area contributed by atoms with Crippen LogP contribution in [0.4, 0.5) is 0 Å². The number of phenols is 1. The lowest BCUT2D eigenvalue weighted by Crippen LogP contribution is -2.13. The van der Waals surface area contributed by atoms with Gasteiger partial charge in [-0.2, -0.15) is 0 Å². The molecule has 0 aromatic heterocycles. The summed E-state index contributed by atoms with van der Waals surface area (Å²) in [4.78, 5) is 12.6. The lowest BCUT2D eigenvalue weighted by Gasteiger charge is -2.17. The zero-order valence-corrected chi connectivity index (χ0v) is 13.7. The maximum absolute atomic E-state index is 12.6. The third-order valence-corrected chi connectivity index (χ3v) is 4.53. The van der Waals surface area contributed by atoms with Gasteiger partial charge in [0.15, 0.2) is 17.3 Å². The van der Waals surface area contributed by atoms with E-state index in [-0.39, 0.29) is 11.5 Å².